The van der Waals surface area contributed by atoms with Crippen LogP contribution in [0.2, 0.25) is 0 Å². The summed E-state index contributed by atoms with van der Waals surface area (Å²) < 4.78 is 1.93. The number of hydrogen-bond acceptors (Lipinski definition) is 5. The number of nitrogens with zero attached hydrogens (tertiary/aromatic N) is 5. The summed E-state index contributed by atoms with van der Waals surface area (Å²) in [6.07, 6.45) is 5.42. The molecule has 0 unspecified atom stereocenters. The van der Waals surface area contributed by atoms with Crippen LogP contribution in [0.5, 0.6) is 0 Å². The van der Waals surface area contributed by atoms with Gasteiger partial charge in [0.25, 0.3) is 0 Å². The molecule has 0 spiro atoms. The van der Waals surface area contributed by atoms with Gasteiger partial charge in [0.05, 0.1) is 0 Å². The Kier molecular flexibility index (Phi) is 1.87. The molecule has 0 bridgehead atoms. The largest absolute Gasteiger partial charge is 0.353 e. The van der Waals surface area contributed by atoms with Crippen molar-refractivity contribution in [2.45, 2.75) is 0 Å². The Morgan fingerprint density at radius 3 is 2.88 bits per heavy atom. The van der Waals surface area contributed by atoms with Crippen LogP contribution in [-0.4, -0.2) is 45.8 Å². The lowest BCUT2D eigenvalue weighted by atomic mass is 10.0. The molecule has 0 amide bonds. The number of nitrogens with one attached hydrogen (secondary N) is 1. The van der Waals surface area contributed by atoms with E-state index in [1.807, 2.05) is 16.8 Å². The highest BCUT2D eigenvalue weighted by atomic mass is 15.3. The van der Waals surface area contributed by atoms with Crippen LogP contribution in [0.15, 0.2) is 18.7 Å². The second-order valence-electron chi connectivity index (χ2n) is 4.90. The first-order chi connectivity index (χ1) is 8.42. The van der Waals surface area contributed by atoms with Gasteiger partial charge in [0, 0.05) is 38.6 Å². The van der Waals surface area contributed by atoms with E-state index in [1.54, 1.807) is 6.33 Å². The smallest absolute Gasteiger partial charge is 0.203 e. The Bertz CT molecular complexity index is 538. The lowest BCUT2D eigenvalue weighted by Crippen LogP contribution is -2.26. The summed E-state index contributed by atoms with van der Waals surface area (Å²) in [5.74, 6) is 2.50. The molecule has 2 aromatic heterocycles. The highest BCUT2D eigenvalue weighted by Gasteiger charge is 2.37. The van der Waals surface area contributed by atoms with E-state index in [1.165, 1.54) is 0 Å². The molecule has 1 N–H and O–H groups in total. The average Bonchev–Trinajstić information content (AvgIpc) is 3.02. The fourth-order valence-corrected chi connectivity index (χ4v) is 3.00. The molecule has 0 aromatic carbocycles. The third kappa shape index (κ3) is 1.33. The average molecular weight is 230 g/mol. The molecular formula is C11H14N6. The quantitative estimate of drug-likeness (QED) is 0.734. The maximum atomic E-state index is 4.47. The molecule has 0 radical (unpaired) electrons. The van der Waals surface area contributed by atoms with Gasteiger partial charge in [-0.25, -0.2) is 4.98 Å². The summed E-state index contributed by atoms with van der Waals surface area (Å²) >= 11 is 0. The van der Waals surface area contributed by atoms with E-state index in [2.05, 4.69) is 25.4 Å². The van der Waals surface area contributed by atoms with Crippen LogP contribution in [-0.2, 0) is 0 Å². The minimum atomic E-state index is 0.764. The molecule has 2 aliphatic heterocycles. The Morgan fingerprint density at radius 1 is 1.24 bits per heavy atom. The minimum absolute atomic E-state index is 0.764. The molecule has 2 aromatic rings. The van der Waals surface area contributed by atoms with Crippen molar-refractivity contribution < 1.29 is 0 Å². The zero-order valence-corrected chi connectivity index (χ0v) is 9.45. The summed E-state index contributed by atoms with van der Waals surface area (Å²) in [6, 6.07) is 0. The summed E-state index contributed by atoms with van der Waals surface area (Å²) in [5.41, 5.74) is 0.862. The van der Waals surface area contributed by atoms with Crippen molar-refractivity contribution in [1.29, 1.82) is 0 Å². The second kappa shape index (κ2) is 3.40. The fraction of sp³-hybridized carbons (Fsp3) is 0.545. The first-order valence-corrected chi connectivity index (χ1v) is 6.02. The molecular weight excluding hydrogens is 216 g/mol. The van der Waals surface area contributed by atoms with E-state index in [4.69, 9.17) is 0 Å². The van der Waals surface area contributed by atoms with Crippen LogP contribution >= 0.6 is 0 Å². The SMILES string of the molecule is c1cn2cnnc2c(N2C[C@H]3CNC[C@H]3C2)n1. The molecule has 6 heteroatoms. The van der Waals surface area contributed by atoms with Crippen molar-refractivity contribution in [3.8, 4) is 0 Å². The van der Waals surface area contributed by atoms with Gasteiger partial charge in [0.2, 0.25) is 5.65 Å². The summed E-state index contributed by atoms with van der Waals surface area (Å²) in [7, 11) is 0. The van der Waals surface area contributed by atoms with Gasteiger partial charge in [-0.2, -0.15) is 0 Å². The third-order valence-corrected chi connectivity index (χ3v) is 3.89. The third-order valence-electron chi connectivity index (χ3n) is 3.89. The molecule has 4 heterocycles. The van der Waals surface area contributed by atoms with Gasteiger partial charge >= 0.3 is 0 Å². The first kappa shape index (κ1) is 9.35. The molecule has 88 valence electrons. The van der Waals surface area contributed by atoms with Gasteiger partial charge in [-0.05, 0) is 11.8 Å². The van der Waals surface area contributed by atoms with Gasteiger partial charge in [0.15, 0.2) is 5.82 Å². The zero-order chi connectivity index (χ0) is 11.2. The second-order valence-corrected chi connectivity index (χ2v) is 4.90. The Balaban J connectivity index is 1.73. The first-order valence-electron chi connectivity index (χ1n) is 6.02. The van der Waals surface area contributed by atoms with Crippen LogP contribution in [0.4, 0.5) is 5.82 Å². The number of anilines is 1. The Labute approximate surface area is 98.7 Å². The van der Waals surface area contributed by atoms with E-state index in [0.29, 0.717) is 0 Å². The lowest BCUT2D eigenvalue weighted by molar-refractivity contribution is 0.533. The Morgan fingerprint density at radius 2 is 2.06 bits per heavy atom. The number of aromatic nitrogens is 4. The maximum Gasteiger partial charge on any atom is 0.203 e. The van der Waals surface area contributed by atoms with Crippen LogP contribution in [0.1, 0.15) is 0 Å². The molecule has 17 heavy (non-hydrogen) atoms. The number of rotatable bonds is 1. The van der Waals surface area contributed by atoms with Gasteiger partial charge in [0.1, 0.15) is 6.33 Å². The fourth-order valence-electron chi connectivity index (χ4n) is 3.00. The van der Waals surface area contributed by atoms with E-state index < -0.39 is 0 Å². The highest BCUT2D eigenvalue weighted by Crippen LogP contribution is 2.30. The molecule has 2 fully saturated rings. The normalized spacial score (nSPS) is 27.9. The van der Waals surface area contributed by atoms with Gasteiger partial charge < -0.3 is 10.2 Å². The molecule has 0 aliphatic carbocycles. The van der Waals surface area contributed by atoms with Crippen molar-refractivity contribution in [1.82, 2.24) is 24.9 Å². The van der Waals surface area contributed by atoms with Crippen LogP contribution in [0, 0.1) is 11.8 Å². The van der Waals surface area contributed by atoms with E-state index in [0.717, 1.165) is 49.5 Å². The van der Waals surface area contributed by atoms with E-state index in [9.17, 15) is 0 Å². The predicted octanol–water partition coefficient (Wildman–Crippen LogP) is -0.220. The van der Waals surface area contributed by atoms with Gasteiger partial charge in [-0.1, -0.05) is 0 Å². The maximum absolute atomic E-state index is 4.47. The molecule has 2 atom stereocenters. The van der Waals surface area contributed by atoms with Crippen molar-refractivity contribution in [2.24, 2.45) is 11.8 Å². The van der Waals surface area contributed by atoms with Crippen molar-refractivity contribution in [2.75, 3.05) is 31.1 Å². The van der Waals surface area contributed by atoms with Gasteiger partial charge in [-0.15, -0.1) is 10.2 Å². The zero-order valence-electron chi connectivity index (χ0n) is 9.45. The van der Waals surface area contributed by atoms with Crippen LogP contribution < -0.4 is 10.2 Å². The highest BCUT2D eigenvalue weighted by molar-refractivity contribution is 5.63. The predicted molar refractivity (Wildman–Crippen MR) is 62.8 cm³/mol. The van der Waals surface area contributed by atoms with Crippen LogP contribution in [0.25, 0.3) is 5.65 Å². The number of fused-ring (bicyclic) bond motifs is 2. The molecule has 2 aliphatic rings. The number of hydrogen-bond donors (Lipinski definition) is 1. The lowest BCUT2D eigenvalue weighted by Gasteiger charge is -2.18. The van der Waals surface area contributed by atoms with Crippen molar-refractivity contribution in [3.63, 3.8) is 0 Å². The molecule has 6 nitrogen and oxygen atoms in total. The van der Waals surface area contributed by atoms with Crippen molar-refractivity contribution in [3.05, 3.63) is 18.7 Å². The monoisotopic (exact) mass is 230 g/mol. The summed E-state index contributed by atoms with van der Waals surface area (Å²) in [6.45, 7) is 4.43. The summed E-state index contributed by atoms with van der Waals surface area (Å²) in [4.78, 5) is 6.82. The van der Waals surface area contributed by atoms with E-state index in [-0.39, 0.29) is 0 Å². The topological polar surface area (TPSA) is 58.4 Å². The van der Waals surface area contributed by atoms with Crippen LogP contribution in [0.3, 0.4) is 0 Å². The Hall–Kier alpha value is -1.69. The molecule has 2 saturated heterocycles. The van der Waals surface area contributed by atoms with E-state index >= 15 is 0 Å². The standard InChI is InChI=1S/C11H14N6/c1-2-16-7-14-15-11(16)10(13-1)17-5-8-3-12-4-9(8)6-17/h1-2,7-9,12H,3-6H2/t8-,9+. The van der Waals surface area contributed by atoms with Gasteiger partial charge in [-0.3, -0.25) is 4.40 Å². The minimum Gasteiger partial charge on any atom is -0.353 e. The summed E-state index contributed by atoms with van der Waals surface area (Å²) in [5, 5.41) is 11.5. The molecule has 4 rings (SSSR count). The van der Waals surface area contributed by atoms with Crippen molar-refractivity contribution >= 4 is 11.5 Å². The molecule has 0 saturated carbocycles.